The van der Waals surface area contributed by atoms with Crippen LogP contribution < -0.4 is 5.32 Å². The van der Waals surface area contributed by atoms with E-state index in [1.807, 2.05) is 12.1 Å². The number of H-pyrrole nitrogens is 1. The number of fused-ring (bicyclic) bond motifs is 3. The third kappa shape index (κ3) is 2.29. The summed E-state index contributed by atoms with van der Waals surface area (Å²) in [6, 6.07) is 8.15. The molecule has 1 aromatic heterocycles. The van der Waals surface area contributed by atoms with E-state index in [4.69, 9.17) is 9.47 Å². The first-order valence-corrected chi connectivity index (χ1v) is 6.43. The lowest BCUT2D eigenvalue weighted by atomic mass is 10.0. The highest BCUT2D eigenvalue weighted by Gasteiger charge is 2.24. The summed E-state index contributed by atoms with van der Waals surface area (Å²) in [6.07, 6.45) is -0.299. The second-order valence-corrected chi connectivity index (χ2v) is 4.50. The van der Waals surface area contributed by atoms with Crippen molar-refractivity contribution in [1.82, 2.24) is 10.3 Å². The van der Waals surface area contributed by atoms with Gasteiger partial charge in [0.2, 0.25) is 0 Å². The lowest BCUT2D eigenvalue weighted by molar-refractivity contribution is 0.0113. The lowest BCUT2D eigenvalue weighted by Gasteiger charge is -2.23. The van der Waals surface area contributed by atoms with Crippen LogP contribution >= 0.6 is 0 Å². The summed E-state index contributed by atoms with van der Waals surface area (Å²) in [4.78, 5) is 14.7. The van der Waals surface area contributed by atoms with E-state index in [1.165, 1.54) is 10.9 Å². The van der Waals surface area contributed by atoms with Crippen LogP contribution in [0.1, 0.15) is 18.2 Å². The number of hydrogen-bond donors (Lipinski definition) is 2. The van der Waals surface area contributed by atoms with E-state index in [-0.39, 0.29) is 6.23 Å². The van der Waals surface area contributed by atoms with Crippen LogP contribution in [0, 0.1) is 0 Å². The van der Waals surface area contributed by atoms with Gasteiger partial charge in [0, 0.05) is 29.6 Å². The highest BCUT2D eigenvalue weighted by molar-refractivity contribution is 5.84. The van der Waals surface area contributed by atoms with Gasteiger partial charge in [-0.2, -0.15) is 0 Å². The standard InChI is InChI=1S/C14H16N2O3/c1-2-18-14(17)19-13-7-10-9-5-3-4-6-11(9)16-12(10)8-15-13/h3-6,13,15-16H,2,7-8H2,1H3. The molecule has 19 heavy (non-hydrogen) atoms. The van der Waals surface area contributed by atoms with Gasteiger partial charge in [0.25, 0.3) is 0 Å². The molecule has 0 spiro atoms. The van der Waals surface area contributed by atoms with E-state index >= 15 is 0 Å². The number of ether oxygens (including phenoxy) is 2. The monoisotopic (exact) mass is 260 g/mol. The first-order chi connectivity index (χ1) is 9.28. The first kappa shape index (κ1) is 12.0. The number of carbonyl (C=O) groups excluding carboxylic acids is 1. The molecule has 2 aromatic rings. The van der Waals surface area contributed by atoms with Gasteiger partial charge < -0.3 is 14.5 Å². The summed E-state index contributed by atoms with van der Waals surface area (Å²) < 4.78 is 10.0. The summed E-state index contributed by atoms with van der Waals surface area (Å²) in [5, 5.41) is 4.36. The largest absolute Gasteiger partial charge is 0.509 e. The van der Waals surface area contributed by atoms with Crippen molar-refractivity contribution in [2.45, 2.75) is 26.1 Å². The van der Waals surface area contributed by atoms with Gasteiger partial charge in [-0.15, -0.1) is 0 Å². The predicted octanol–water partition coefficient (Wildman–Crippen LogP) is 2.31. The molecule has 1 aliphatic heterocycles. The van der Waals surface area contributed by atoms with Crippen LogP contribution in [0.4, 0.5) is 4.79 Å². The molecule has 1 unspecified atom stereocenters. The maximum atomic E-state index is 11.3. The van der Waals surface area contributed by atoms with Crippen LogP contribution in [-0.2, 0) is 22.4 Å². The molecule has 0 bridgehead atoms. The predicted molar refractivity (Wildman–Crippen MR) is 70.7 cm³/mol. The Balaban J connectivity index is 1.81. The molecule has 0 saturated heterocycles. The zero-order valence-electron chi connectivity index (χ0n) is 10.7. The van der Waals surface area contributed by atoms with Crippen molar-refractivity contribution in [2.24, 2.45) is 0 Å². The van der Waals surface area contributed by atoms with Crippen LogP contribution in [-0.4, -0.2) is 24.0 Å². The highest BCUT2D eigenvalue weighted by Crippen LogP contribution is 2.26. The van der Waals surface area contributed by atoms with E-state index in [0.29, 0.717) is 19.6 Å². The van der Waals surface area contributed by atoms with Crippen molar-refractivity contribution in [3.8, 4) is 0 Å². The molecule has 5 heteroatoms. The van der Waals surface area contributed by atoms with Gasteiger partial charge in [0.1, 0.15) is 0 Å². The molecule has 5 nitrogen and oxygen atoms in total. The van der Waals surface area contributed by atoms with Crippen molar-refractivity contribution in [1.29, 1.82) is 0 Å². The molecule has 0 fully saturated rings. The fourth-order valence-electron chi connectivity index (χ4n) is 2.46. The van der Waals surface area contributed by atoms with E-state index < -0.39 is 6.16 Å². The third-order valence-corrected chi connectivity index (χ3v) is 3.30. The number of aromatic nitrogens is 1. The van der Waals surface area contributed by atoms with Gasteiger partial charge in [-0.3, -0.25) is 5.32 Å². The van der Waals surface area contributed by atoms with Crippen molar-refractivity contribution in [2.75, 3.05) is 6.61 Å². The number of carbonyl (C=O) groups is 1. The smallest absolute Gasteiger partial charge is 0.435 e. The van der Waals surface area contributed by atoms with Gasteiger partial charge >= 0.3 is 6.16 Å². The van der Waals surface area contributed by atoms with E-state index in [0.717, 1.165) is 11.2 Å². The Labute approximate surface area is 110 Å². The molecule has 100 valence electrons. The van der Waals surface area contributed by atoms with Crippen molar-refractivity contribution >= 4 is 17.1 Å². The first-order valence-electron chi connectivity index (χ1n) is 6.43. The molecule has 1 aliphatic rings. The third-order valence-electron chi connectivity index (χ3n) is 3.30. The summed E-state index contributed by atoms with van der Waals surface area (Å²) in [7, 11) is 0. The van der Waals surface area contributed by atoms with Gasteiger partial charge in [0.15, 0.2) is 6.23 Å². The van der Waals surface area contributed by atoms with Gasteiger partial charge in [0.05, 0.1) is 6.61 Å². The Morgan fingerprint density at radius 1 is 1.42 bits per heavy atom. The molecule has 1 atom stereocenters. The molecule has 0 radical (unpaired) electrons. The molecule has 2 heterocycles. The molecule has 1 aromatic carbocycles. The minimum Gasteiger partial charge on any atom is -0.435 e. The van der Waals surface area contributed by atoms with Crippen LogP contribution in [0.25, 0.3) is 10.9 Å². The van der Waals surface area contributed by atoms with Crippen molar-refractivity contribution in [3.63, 3.8) is 0 Å². The fourth-order valence-corrected chi connectivity index (χ4v) is 2.46. The summed E-state index contributed by atoms with van der Waals surface area (Å²) in [5.74, 6) is 0. The van der Waals surface area contributed by atoms with E-state index in [1.54, 1.807) is 6.92 Å². The van der Waals surface area contributed by atoms with Gasteiger partial charge in [-0.25, -0.2) is 4.79 Å². The quantitative estimate of drug-likeness (QED) is 0.813. The van der Waals surface area contributed by atoms with Gasteiger partial charge in [-0.05, 0) is 18.6 Å². The number of hydrogen-bond acceptors (Lipinski definition) is 4. The number of rotatable bonds is 2. The van der Waals surface area contributed by atoms with E-state index in [2.05, 4.69) is 22.4 Å². The highest BCUT2D eigenvalue weighted by atomic mass is 16.7. The molecular formula is C14H16N2O3. The van der Waals surface area contributed by atoms with Crippen LogP contribution in [0.15, 0.2) is 24.3 Å². The van der Waals surface area contributed by atoms with Crippen LogP contribution in [0.5, 0.6) is 0 Å². The second-order valence-electron chi connectivity index (χ2n) is 4.50. The second kappa shape index (κ2) is 4.93. The fraction of sp³-hybridized carbons (Fsp3) is 0.357. The molecule has 3 rings (SSSR count). The minimum absolute atomic E-state index is 0.323. The Bertz CT molecular complexity index is 606. The zero-order valence-corrected chi connectivity index (χ0v) is 10.7. The Morgan fingerprint density at radius 2 is 2.26 bits per heavy atom. The molecule has 0 saturated carbocycles. The van der Waals surface area contributed by atoms with Crippen LogP contribution in [0.2, 0.25) is 0 Å². The minimum atomic E-state index is -0.622. The zero-order chi connectivity index (χ0) is 13.2. The van der Waals surface area contributed by atoms with E-state index in [9.17, 15) is 4.79 Å². The summed E-state index contributed by atoms with van der Waals surface area (Å²) in [6.45, 7) is 2.74. The average Bonchev–Trinajstić information content (AvgIpc) is 2.77. The van der Waals surface area contributed by atoms with Crippen molar-refractivity contribution in [3.05, 3.63) is 35.5 Å². The lowest BCUT2D eigenvalue weighted by Crippen LogP contribution is -2.39. The SMILES string of the molecule is CCOC(=O)OC1Cc2c([nH]c3ccccc23)CN1. The topological polar surface area (TPSA) is 63.4 Å². The summed E-state index contributed by atoms with van der Waals surface area (Å²) in [5.41, 5.74) is 3.49. The number of aromatic amines is 1. The number of nitrogens with one attached hydrogen (secondary N) is 2. The average molecular weight is 260 g/mol. The molecular weight excluding hydrogens is 244 g/mol. The number of para-hydroxylation sites is 1. The Morgan fingerprint density at radius 3 is 3.11 bits per heavy atom. The molecule has 2 N–H and O–H groups in total. The maximum Gasteiger partial charge on any atom is 0.509 e. The normalized spacial score (nSPS) is 18.1. The van der Waals surface area contributed by atoms with Crippen molar-refractivity contribution < 1.29 is 14.3 Å². The molecule has 0 aliphatic carbocycles. The number of benzene rings is 1. The maximum absolute atomic E-state index is 11.3. The summed E-state index contributed by atoms with van der Waals surface area (Å²) >= 11 is 0. The van der Waals surface area contributed by atoms with Gasteiger partial charge in [-0.1, -0.05) is 18.2 Å². The molecule has 0 amide bonds. The van der Waals surface area contributed by atoms with Crippen LogP contribution in [0.3, 0.4) is 0 Å². The Hall–Kier alpha value is -2.01. The Kier molecular flexibility index (Phi) is 3.13.